The number of aryl methyl sites for hydroxylation is 1. The van der Waals surface area contributed by atoms with Crippen molar-refractivity contribution >= 4 is 17.0 Å². The number of aromatic amines is 1. The first kappa shape index (κ1) is 17.7. The van der Waals surface area contributed by atoms with Gasteiger partial charge in [0.2, 0.25) is 0 Å². The number of benzene rings is 2. The Morgan fingerprint density at radius 1 is 1.11 bits per heavy atom. The van der Waals surface area contributed by atoms with Gasteiger partial charge in [0, 0.05) is 23.1 Å². The van der Waals surface area contributed by atoms with Gasteiger partial charge in [0.05, 0.1) is 0 Å². The molecule has 140 valence electrons. The molecule has 1 aromatic heterocycles. The molecule has 27 heavy (non-hydrogen) atoms. The molecule has 2 aromatic carbocycles. The van der Waals surface area contributed by atoms with Crippen LogP contribution in [-0.2, 0) is 11.2 Å². The fraction of sp³-hybridized carbons (Fsp3) is 0.348. The van der Waals surface area contributed by atoms with Crippen LogP contribution >= 0.6 is 0 Å². The van der Waals surface area contributed by atoms with E-state index in [-0.39, 0.29) is 12.1 Å². The molecule has 1 N–H and O–H groups in total. The maximum absolute atomic E-state index is 13.0. The first-order valence-corrected chi connectivity index (χ1v) is 9.49. The van der Waals surface area contributed by atoms with Crippen molar-refractivity contribution in [2.45, 2.75) is 45.8 Å². The number of carbonyl (C=O) groups excluding carboxylic acids is 1. The van der Waals surface area contributed by atoms with Crippen molar-refractivity contribution in [3.05, 3.63) is 70.9 Å². The lowest BCUT2D eigenvalue weighted by molar-refractivity contribution is 0.0175. The minimum absolute atomic E-state index is 0.170. The Hall–Kier alpha value is -2.75. The highest BCUT2D eigenvalue weighted by Crippen LogP contribution is 2.39. The van der Waals surface area contributed by atoms with Gasteiger partial charge in [-0.05, 0) is 51.3 Å². The molecule has 4 rings (SSSR count). The van der Waals surface area contributed by atoms with Crippen LogP contribution < -0.4 is 0 Å². The summed E-state index contributed by atoms with van der Waals surface area (Å²) in [4.78, 5) is 18.4. The largest absolute Gasteiger partial charge is 0.444 e. The predicted molar refractivity (Wildman–Crippen MR) is 108 cm³/mol. The monoisotopic (exact) mass is 362 g/mol. The highest BCUT2D eigenvalue weighted by molar-refractivity contribution is 5.86. The van der Waals surface area contributed by atoms with Crippen LogP contribution in [0.1, 0.15) is 49.2 Å². The molecule has 1 aliphatic heterocycles. The molecule has 0 aliphatic carbocycles. The minimum atomic E-state index is -0.518. The van der Waals surface area contributed by atoms with E-state index in [0.29, 0.717) is 6.54 Å². The average molecular weight is 362 g/mol. The summed E-state index contributed by atoms with van der Waals surface area (Å²) in [6.45, 7) is 8.44. The topological polar surface area (TPSA) is 45.3 Å². The van der Waals surface area contributed by atoms with Gasteiger partial charge in [-0.25, -0.2) is 4.79 Å². The average Bonchev–Trinajstić information content (AvgIpc) is 2.99. The van der Waals surface area contributed by atoms with E-state index in [1.807, 2.05) is 31.7 Å². The lowest BCUT2D eigenvalue weighted by Crippen LogP contribution is -2.43. The highest BCUT2D eigenvalue weighted by Gasteiger charge is 2.36. The number of carbonyl (C=O) groups is 1. The summed E-state index contributed by atoms with van der Waals surface area (Å²) in [5, 5.41) is 1.24. The normalized spacial score (nSPS) is 17.0. The quantitative estimate of drug-likeness (QED) is 0.633. The van der Waals surface area contributed by atoms with E-state index in [0.717, 1.165) is 23.2 Å². The summed E-state index contributed by atoms with van der Waals surface area (Å²) in [6.07, 6.45) is 0.554. The molecule has 0 unspecified atom stereocenters. The van der Waals surface area contributed by atoms with Gasteiger partial charge in [-0.2, -0.15) is 0 Å². The number of amides is 1. The second-order valence-electron chi connectivity index (χ2n) is 8.30. The molecular formula is C23H26N2O2. The number of ether oxygens (including phenoxy) is 1. The molecule has 4 heteroatoms. The molecule has 1 aliphatic rings. The number of aromatic nitrogens is 1. The molecule has 3 aromatic rings. The number of para-hydroxylation sites is 1. The molecule has 0 saturated heterocycles. The van der Waals surface area contributed by atoms with Crippen molar-refractivity contribution in [2.24, 2.45) is 0 Å². The first-order chi connectivity index (χ1) is 12.8. The number of nitrogens with zero attached hydrogens (tertiary/aromatic N) is 1. The Bertz CT molecular complexity index is 980. The van der Waals surface area contributed by atoms with Crippen molar-refractivity contribution in [3.63, 3.8) is 0 Å². The van der Waals surface area contributed by atoms with E-state index in [2.05, 4.69) is 54.4 Å². The molecule has 2 heterocycles. The SMILES string of the molecule is Cc1ccc([C@H]2c3[nH]c4ccccc4c3CCN2C(=O)OC(C)(C)C)cc1. The van der Waals surface area contributed by atoms with Crippen molar-refractivity contribution in [1.29, 1.82) is 0 Å². The molecule has 0 saturated carbocycles. The number of hydrogen-bond donors (Lipinski definition) is 1. The Morgan fingerprint density at radius 2 is 1.81 bits per heavy atom. The third-order valence-corrected chi connectivity index (χ3v) is 5.06. The Labute approximate surface area is 160 Å². The van der Waals surface area contributed by atoms with Crippen LogP contribution in [0.4, 0.5) is 4.79 Å². The zero-order valence-corrected chi connectivity index (χ0v) is 16.4. The van der Waals surface area contributed by atoms with E-state index >= 15 is 0 Å². The summed E-state index contributed by atoms with van der Waals surface area (Å²) in [7, 11) is 0. The summed E-state index contributed by atoms with van der Waals surface area (Å²) in [5.74, 6) is 0. The molecule has 1 atom stereocenters. The van der Waals surface area contributed by atoms with E-state index < -0.39 is 5.60 Å². The second kappa shape index (κ2) is 6.45. The lowest BCUT2D eigenvalue weighted by Gasteiger charge is -2.37. The van der Waals surface area contributed by atoms with E-state index in [4.69, 9.17) is 4.74 Å². The van der Waals surface area contributed by atoms with Gasteiger partial charge in [-0.3, -0.25) is 4.90 Å². The van der Waals surface area contributed by atoms with Crippen molar-refractivity contribution in [1.82, 2.24) is 9.88 Å². The lowest BCUT2D eigenvalue weighted by atomic mass is 9.92. The van der Waals surface area contributed by atoms with Crippen LogP contribution in [0.25, 0.3) is 10.9 Å². The van der Waals surface area contributed by atoms with Gasteiger partial charge in [-0.15, -0.1) is 0 Å². The van der Waals surface area contributed by atoms with Gasteiger partial charge < -0.3 is 9.72 Å². The van der Waals surface area contributed by atoms with E-state index in [1.54, 1.807) is 0 Å². The van der Waals surface area contributed by atoms with Crippen LogP contribution in [0.5, 0.6) is 0 Å². The van der Waals surface area contributed by atoms with Gasteiger partial charge in [0.15, 0.2) is 0 Å². The molecule has 0 fully saturated rings. The molecule has 4 nitrogen and oxygen atoms in total. The summed E-state index contributed by atoms with van der Waals surface area (Å²) in [5.41, 5.74) is 5.29. The van der Waals surface area contributed by atoms with Gasteiger partial charge >= 0.3 is 6.09 Å². The highest BCUT2D eigenvalue weighted by atomic mass is 16.6. The van der Waals surface area contributed by atoms with E-state index in [1.165, 1.54) is 16.5 Å². The van der Waals surface area contributed by atoms with Crippen LogP contribution in [0.15, 0.2) is 48.5 Å². The standard InChI is InChI=1S/C23H26N2O2/c1-15-9-11-16(12-10-15)21-20-18(17-7-5-6-8-19(17)24-20)13-14-25(21)22(26)27-23(2,3)4/h5-12,21,24H,13-14H2,1-4H3/t21-/m0/s1. The number of rotatable bonds is 1. The third-order valence-electron chi connectivity index (χ3n) is 5.06. The van der Waals surface area contributed by atoms with Gasteiger partial charge in [0.1, 0.15) is 11.6 Å². The molecular weight excluding hydrogens is 336 g/mol. The maximum Gasteiger partial charge on any atom is 0.411 e. The van der Waals surface area contributed by atoms with Crippen molar-refractivity contribution in [3.8, 4) is 0 Å². The Morgan fingerprint density at radius 3 is 2.52 bits per heavy atom. The second-order valence-corrected chi connectivity index (χ2v) is 8.30. The number of nitrogens with one attached hydrogen (secondary N) is 1. The molecule has 0 radical (unpaired) electrons. The number of fused-ring (bicyclic) bond motifs is 3. The van der Waals surface area contributed by atoms with E-state index in [9.17, 15) is 4.79 Å². The molecule has 1 amide bonds. The first-order valence-electron chi connectivity index (χ1n) is 9.49. The van der Waals surface area contributed by atoms with Gasteiger partial charge in [0.25, 0.3) is 0 Å². The smallest absolute Gasteiger partial charge is 0.411 e. The number of H-pyrrole nitrogens is 1. The van der Waals surface area contributed by atoms with Crippen molar-refractivity contribution in [2.75, 3.05) is 6.54 Å². The summed E-state index contributed by atoms with van der Waals surface area (Å²) >= 11 is 0. The molecule has 0 bridgehead atoms. The van der Waals surface area contributed by atoms with Crippen LogP contribution in [-0.4, -0.2) is 28.1 Å². The predicted octanol–water partition coefficient (Wildman–Crippen LogP) is 5.36. The zero-order valence-electron chi connectivity index (χ0n) is 16.4. The molecule has 0 spiro atoms. The Kier molecular flexibility index (Phi) is 4.22. The van der Waals surface area contributed by atoms with Crippen LogP contribution in [0, 0.1) is 6.92 Å². The fourth-order valence-electron chi connectivity index (χ4n) is 3.85. The summed E-state index contributed by atoms with van der Waals surface area (Å²) < 4.78 is 5.71. The van der Waals surface area contributed by atoms with Crippen LogP contribution in [0.2, 0.25) is 0 Å². The Balaban J connectivity index is 1.83. The number of hydrogen-bond acceptors (Lipinski definition) is 2. The van der Waals surface area contributed by atoms with Gasteiger partial charge in [-0.1, -0.05) is 48.0 Å². The zero-order chi connectivity index (χ0) is 19.2. The maximum atomic E-state index is 13.0. The van der Waals surface area contributed by atoms with Crippen LogP contribution in [0.3, 0.4) is 0 Å². The summed E-state index contributed by atoms with van der Waals surface area (Å²) in [6, 6.07) is 16.6. The third kappa shape index (κ3) is 3.32. The van der Waals surface area contributed by atoms with Crippen molar-refractivity contribution < 1.29 is 9.53 Å². The minimum Gasteiger partial charge on any atom is -0.444 e. The fourth-order valence-corrected chi connectivity index (χ4v) is 3.85.